The van der Waals surface area contributed by atoms with Crippen LogP contribution in [-0.2, 0) is 18.9 Å². The molecule has 0 saturated carbocycles. The molecule has 0 aromatic rings. The van der Waals surface area contributed by atoms with Crippen LogP contribution < -0.4 is 0 Å². The second-order valence-corrected chi connectivity index (χ2v) is 7.38. The highest BCUT2D eigenvalue weighted by Gasteiger charge is 2.54. The minimum Gasteiger partial charge on any atom is -0.368 e. The Labute approximate surface area is 124 Å². The summed E-state index contributed by atoms with van der Waals surface area (Å²) in [6, 6.07) is 0. The van der Waals surface area contributed by atoms with E-state index in [0.29, 0.717) is 6.61 Å². The predicted molar refractivity (Wildman–Crippen MR) is 74.6 cm³/mol. The molecule has 0 unspecified atom stereocenters. The van der Waals surface area contributed by atoms with Gasteiger partial charge in [0.1, 0.15) is 18.3 Å². The molecule has 0 radical (unpaired) electrons. The minimum absolute atomic E-state index is 0.208. The lowest BCUT2D eigenvalue weighted by atomic mass is 10.1. The molecular weight excluding hydrogens is 368 g/mol. The van der Waals surface area contributed by atoms with Gasteiger partial charge in [0.05, 0.1) is 10.00 Å². The molecule has 4 nitrogen and oxygen atoms in total. The van der Waals surface area contributed by atoms with Gasteiger partial charge in [0.2, 0.25) is 0 Å². The van der Waals surface area contributed by atoms with Crippen molar-refractivity contribution in [3.63, 3.8) is 0 Å². The maximum absolute atomic E-state index is 5.83. The van der Waals surface area contributed by atoms with E-state index in [9.17, 15) is 0 Å². The molecule has 2 heterocycles. The molecule has 4 atom stereocenters. The van der Waals surface area contributed by atoms with Crippen molar-refractivity contribution < 1.29 is 18.9 Å². The predicted octanol–water partition coefficient (Wildman–Crippen LogP) is 3.07. The van der Waals surface area contributed by atoms with Crippen molar-refractivity contribution in [2.24, 2.45) is 0 Å². The van der Waals surface area contributed by atoms with Gasteiger partial charge >= 0.3 is 0 Å². The van der Waals surface area contributed by atoms with E-state index >= 15 is 0 Å². The Hall–Kier alpha value is 0.280. The Bertz CT molecular complexity index is 352. The Morgan fingerprint density at radius 2 is 2.11 bits per heavy atom. The Morgan fingerprint density at radius 1 is 1.39 bits per heavy atom. The minimum atomic E-state index is -0.633. The molecule has 0 spiro atoms. The molecule has 0 aliphatic carbocycles. The summed E-state index contributed by atoms with van der Waals surface area (Å²) < 4.78 is 23.9. The van der Waals surface area contributed by atoms with Crippen LogP contribution in [0.4, 0.5) is 0 Å². The van der Waals surface area contributed by atoms with Gasteiger partial charge in [-0.05, 0) is 51.8 Å². The van der Waals surface area contributed by atoms with Gasteiger partial charge in [-0.3, -0.25) is 0 Å². The third-order valence-corrected chi connectivity index (χ3v) is 3.25. The van der Waals surface area contributed by atoms with Crippen LogP contribution in [0.25, 0.3) is 0 Å². The lowest BCUT2D eigenvalue weighted by molar-refractivity contribution is -0.211. The highest BCUT2D eigenvalue weighted by atomic mass is 79.9. The number of ether oxygens (including phenoxy) is 4. The zero-order chi connectivity index (χ0) is 13.3. The smallest absolute Gasteiger partial charge is 0.190 e. The monoisotopic (exact) mass is 382 g/mol. The number of rotatable bonds is 4. The molecule has 2 rings (SSSR count). The molecule has 0 aromatic carbocycles. The zero-order valence-electron chi connectivity index (χ0n) is 10.3. The average Bonchev–Trinajstić information content (AvgIpc) is 2.67. The Balaban J connectivity index is 2.12. The van der Waals surface area contributed by atoms with Crippen LogP contribution in [0.2, 0.25) is 0 Å². The molecule has 0 N–H and O–H groups in total. The molecule has 2 fully saturated rings. The maximum Gasteiger partial charge on any atom is 0.190 e. The maximum atomic E-state index is 5.83. The summed E-state index contributed by atoms with van der Waals surface area (Å²) in [6.07, 6.45) is 2.55. The van der Waals surface area contributed by atoms with Crippen LogP contribution in [-0.4, -0.2) is 37.0 Å². The Morgan fingerprint density at radius 3 is 2.72 bits per heavy atom. The Kier molecular flexibility index (Phi) is 4.67. The van der Waals surface area contributed by atoms with Crippen molar-refractivity contribution in [2.75, 3.05) is 6.61 Å². The van der Waals surface area contributed by atoms with Crippen molar-refractivity contribution in [3.8, 4) is 0 Å². The summed E-state index contributed by atoms with van der Waals surface area (Å²) in [5, 5.41) is 0. The van der Waals surface area contributed by atoms with Crippen molar-refractivity contribution in [1.82, 2.24) is 0 Å². The van der Waals surface area contributed by atoms with Gasteiger partial charge in [0.15, 0.2) is 12.1 Å². The fourth-order valence-corrected chi connectivity index (χ4v) is 2.65. The molecule has 18 heavy (non-hydrogen) atoms. The number of hydrogen-bond acceptors (Lipinski definition) is 4. The normalized spacial score (nSPS) is 37.3. The van der Waals surface area contributed by atoms with Crippen molar-refractivity contribution in [2.45, 2.75) is 44.2 Å². The van der Waals surface area contributed by atoms with Gasteiger partial charge in [0.25, 0.3) is 0 Å². The van der Waals surface area contributed by atoms with E-state index in [1.165, 1.54) is 0 Å². The number of fused-ring (bicyclic) bond motifs is 1. The highest BCUT2D eigenvalue weighted by Crippen LogP contribution is 2.39. The second-order valence-electron chi connectivity index (χ2n) is 4.61. The number of halogens is 2. The first-order valence-electron chi connectivity index (χ1n) is 5.69. The van der Waals surface area contributed by atoms with Crippen LogP contribution in [0.15, 0.2) is 22.1 Å². The van der Waals surface area contributed by atoms with Crippen LogP contribution >= 0.6 is 31.9 Å². The fourth-order valence-electron chi connectivity index (χ4n) is 2.13. The van der Waals surface area contributed by atoms with E-state index in [2.05, 4.69) is 38.4 Å². The summed E-state index contributed by atoms with van der Waals surface area (Å²) >= 11 is 6.65. The van der Waals surface area contributed by atoms with Gasteiger partial charge in [-0.15, -0.1) is 6.58 Å². The summed E-state index contributed by atoms with van der Waals surface area (Å²) in [6.45, 7) is 7.83. The SMILES string of the molecule is C=CCO[C@@H]1[C@H]2OC(C)(C)O[C@H]2O[C@@H]1C=C(Br)Br. The highest BCUT2D eigenvalue weighted by molar-refractivity contribution is 9.28. The molecule has 2 saturated heterocycles. The molecule has 0 bridgehead atoms. The van der Waals surface area contributed by atoms with E-state index in [4.69, 9.17) is 18.9 Å². The van der Waals surface area contributed by atoms with Gasteiger partial charge < -0.3 is 18.9 Å². The first kappa shape index (κ1) is 14.7. The third kappa shape index (κ3) is 3.23. The summed E-state index contributed by atoms with van der Waals surface area (Å²) in [4.78, 5) is 0. The van der Waals surface area contributed by atoms with E-state index in [1.54, 1.807) is 6.08 Å². The molecule has 102 valence electrons. The largest absolute Gasteiger partial charge is 0.368 e. The van der Waals surface area contributed by atoms with Crippen LogP contribution in [0, 0.1) is 0 Å². The quantitative estimate of drug-likeness (QED) is 0.699. The van der Waals surface area contributed by atoms with Gasteiger partial charge in [-0.1, -0.05) is 6.08 Å². The molecule has 0 amide bonds. The van der Waals surface area contributed by atoms with Crippen molar-refractivity contribution in [1.29, 1.82) is 0 Å². The lowest BCUT2D eigenvalue weighted by Crippen LogP contribution is -2.36. The first-order valence-corrected chi connectivity index (χ1v) is 7.28. The van der Waals surface area contributed by atoms with Crippen molar-refractivity contribution in [3.05, 3.63) is 22.1 Å². The molecule has 2 aliphatic heterocycles. The molecular formula is C12H16Br2O4. The topological polar surface area (TPSA) is 36.9 Å². The van der Waals surface area contributed by atoms with E-state index in [-0.39, 0.29) is 18.3 Å². The van der Waals surface area contributed by atoms with Crippen LogP contribution in [0.1, 0.15) is 13.8 Å². The summed E-state index contributed by atoms with van der Waals surface area (Å²) in [5.74, 6) is -0.633. The third-order valence-electron chi connectivity index (χ3n) is 2.72. The molecule has 6 heteroatoms. The number of hydrogen-bond donors (Lipinski definition) is 0. The second kappa shape index (κ2) is 5.73. The lowest BCUT2D eigenvalue weighted by Gasteiger charge is -2.24. The fraction of sp³-hybridized carbons (Fsp3) is 0.667. The van der Waals surface area contributed by atoms with E-state index < -0.39 is 12.1 Å². The van der Waals surface area contributed by atoms with Gasteiger partial charge in [0, 0.05) is 0 Å². The summed E-state index contributed by atoms with van der Waals surface area (Å²) in [5.41, 5.74) is 0. The molecule has 0 aromatic heterocycles. The van der Waals surface area contributed by atoms with Crippen LogP contribution in [0.5, 0.6) is 0 Å². The van der Waals surface area contributed by atoms with Crippen molar-refractivity contribution >= 4 is 31.9 Å². The first-order chi connectivity index (χ1) is 8.43. The standard InChI is InChI=1S/C12H16Br2O4/c1-4-5-15-9-7(6-8(13)14)16-11-10(9)17-12(2,3)18-11/h4,6-7,9-11H,1,5H2,2-3H3/t7-,9+,10-,11-/m1/s1. The van der Waals surface area contributed by atoms with E-state index in [0.717, 1.165) is 3.39 Å². The summed E-state index contributed by atoms with van der Waals surface area (Å²) in [7, 11) is 0. The van der Waals surface area contributed by atoms with E-state index in [1.807, 2.05) is 19.9 Å². The van der Waals surface area contributed by atoms with Gasteiger partial charge in [-0.2, -0.15) is 0 Å². The average molecular weight is 384 g/mol. The van der Waals surface area contributed by atoms with Gasteiger partial charge in [-0.25, -0.2) is 0 Å². The van der Waals surface area contributed by atoms with Crippen LogP contribution in [0.3, 0.4) is 0 Å². The zero-order valence-corrected chi connectivity index (χ0v) is 13.4. The molecule has 2 aliphatic rings.